The Morgan fingerprint density at radius 3 is 2.76 bits per heavy atom. The highest BCUT2D eigenvalue weighted by Gasteiger charge is 2.34. The number of benzene rings is 1. The van der Waals surface area contributed by atoms with Crippen molar-refractivity contribution in [2.45, 2.75) is 25.8 Å². The molecule has 0 fully saturated rings. The summed E-state index contributed by atoms with van der Waals surface area (Å²) in [6.45, 7) is 1.88. The topological polar surface area (TPSA) is 123 Å². The van der Waals surface area contributed by atoms with Crippen molar-refractivity contribution < 1.29 is 19.4 Å². The third kappa shape index (κ3) is 4.51. The molecule has 2 aromatic heterocycles. The summed E-state index contributed by atoms with van der Waals surface area (Å²) in [5.74, 6) is 1.95. The van der Waals surface area contributed by atoms with Gasteiger partial charge in [-0.3, -0.25) is 9.78 Å². The van der Waals surface area contributed by atoms with Crippen molar-refractivity contribution in [3.63, 3.8) is 0 Å². The molecule has 0 aliphatic carbocycles. The summed E-state index contributed by atoms with van der Waals surface area (Å²) in [5, 5.41) is 20.0. The van der Waals surface area contributed by atoms with Crippen molar-refractivity contribution in [3.05, 3.63) is 65.4 Å². The molecule has 0 bridgehead atoms. The molecule has 4 rings (SSSR count). The minimum Gasteiger partial charge on any atom is -0.493 e. The predicted molar refractivity (Wildman–Crippen MR) is 122 cm³/mol. The summed E-state index contributed by atoms with van der Waals surface area (Å²) in [6, 6.07) is 8.47. The molecule has 1 aliphatic heterocycles. The third-order valence-electron chi connectivity index (χ3n) is 5.34. The van der Waals surface area contributed by atoms with Gasteiger partial charge in [-0.05, 0) is 43.2 Å². The molecule has 10 heteroatoms. The Kier molecular flexibility index (Phi) is 6.55. The van der Waals surface area contributed by atoms with Crippen molar-refractivity contribution >= 4 is 17.5 Å². The molecule has 172 valence electrons. The van der Waals surface area contributed by atoms with Crippen molar-refractivity contribution in [1.82, 2.24) is 19.7 Å². The van der Waals surface area contributed by atoms with Crippen molar-refractivity contribution in [3.8, 4) is 11.5 Å². The molecule has 3 heterocycles. The number of anilines is 2. The van der Waals surface area contributed by atoms with E-state index in [4.69, 9.17) is 9.47 Å². The van der Waals surface area contributed by atoms with Crippen LogP contribution in [0.1, 0.15) is 30.8 Å². The molecule has 1 aromatic carbocycles. The fraction of sp³-hybridized carbons (Fsp3) is 0.304. The van der Waals surface area contributed by atoms with Crippen LogP contribution < -0.4 is 20.1 Å². The van der Waals surface area contributed by atoms with Crippen molar-refractivity contribution in [1.29, 1.82) is 0 Å². The Labute approximate surface area is 191 Å². The minimum atomic E-state index is -0.562. The summed E-state index contributed by atoms with van der Waals surface area (Å²) in [7, 11) is 3.14. The summed E-state index contributed by atoms with van der Waals surface area (Å²) in [5.41, 5.74) is 2.51. The van der Waals surface area contributed by atoms with Crippen LogP contribution in [-0.4, -0.2) is 51.6 Å². The molecule has 33 heavy (non-hydrogen) atoms. The Morgan fingerprint density at radius 2 is 2.06 bits per heavy atom. The van der Waals surface area contributed by atoms with Crippen molar-refractivity contribution in [2.75, 3.05) is 31.5 Å². The summed E-state index contributed by atoms with van der Waals surface area (Å²) in [4.78, 5) is 22.1. The number of fused-ring (bicyclic) bond motifs is 1. The van der Waals surface area contributed by atoms with Gasteiger partial charge in [0, 0.05) is 24.9 Å². The molecule has 10 nitrogen and oxygen atoms in total. The molecule has 0 saturated carbocycles. The van der Waals surface area contributed by atoms with Gasteiger partial charge in [0.05, 0.1) is 31.7 Å². The normalized spacial score (nSPS) is 15.0. The van der Waals surface area contributed by atoms with E-state index < -0.39 is 6.04 Å². The number of nitrogens with zero attached hydrogens (tertiary/aromatic N) is 4. The number of hydrogen-bond acceptors (Lipinski definition) is 8. The van der Waals surface area contributed by atoms with E-state index in [1.807, 2.05) is 19.1 Å². The zero-order valence-electron chi connectivity index (χ0n) is 18.7. The van der Waals surface area contributed by atoms with Gasteiger partial charge in [0.2, 0.25) is 5.95 Å². The smallest absolute Gasteiger partial charge is 0.255 e. The van der Waals surface area contributed by atoms with Gasteiger partial charge >= 0.3 is 0 Å². The number of amides is 1. The third-order valence-corrected chi connectivity index (χ3v) is 5.34. The second-order valence-corrected chi connectivity index (χ2v) is 7.50. The summed E-state index contributed by atoms with van der Waals surface area (Å²) >= 11 is 0. The summed E-state index contributed by atoms with van der Waals surface area (Å²) in [6.07, 6.45) is 4.30. The highest BCUT2D eigenvalue weighted by atomic mass is 16.5. The highest BCUT2D eigenvalue weighted by Crippen LogP contribution is 2.39. The van der Waals surface area contributed by atoms with Crippen LogP contribution >= 0.6 is 0 Å². The number of methoxy groups -OCH3 is 2. The molecule has 0 spiro atoms. The quantitative estimate of drug-likeness (QED) is 0.478. The fourth-order valence-corrected chi connectivity index (χ4v) is 3.80. The zero-order chi connectivity index (χ0) is 23.4. The van der Waals surface area contributed by atoms with Gasteiger partial charge in [0.15, 0.2) is 17.3 Å². The largest absolute Gasteiger partial charge is 0.493 e. The molecule has 3 aromatic rings. The van der Waals surface area contributed by atoms with Crippen LogP contribution in [0, 0.1) is 0 Å². The second kappa shape index (κ2) is 9.70. The average Bonchev–Trinajstić information content (AvgIpc) is 3.24. The first-order valence-corrected chi connectivity index (χ1v) is 10.5. The number of carbonyl (C=O) groups is 1. The lowest BCUT2D eigenvalue weighted by atomic mass is 9.94. The molecule has 1 aliphatic rings. The monoisotopic (exact) mass is 450 g/mol. The van der Waals surface area contributed by atoms with E-state index >= 15 is 0 Å². The number of allylic oxidation sites excluding steroid dienone is 1. The Morgan fingerprint density at radius 1 is 1.24 bits per heavy atom. The molecule has 1 atom stereocenters. The molecule has 0 radical (unpaired) electrons. The maximum absolute atomic E-state index is 13.4. The maximum Gasteiger partial charge on any atom is 0.255 e. The molecule has 3 N–H and O–H groups in total. The first kappa shape index (κ1) is 22.3. The highest BCUT2D eigenvalue weighted by molar-refractivity contribution is 6.05. The standard InChI is InChI=1S/C23H26N6O4/c1-14-20(22(31)26-16-6-4-10-24-13-16)21(15-8-9-17(32-2)18(12-15)33-3)29-23(25-14)27-19(28-29)7-5-11-30/h4,6,8-10,12-13,21,30H,5,7,11H2,1-3H3,(H,26,31)(H,25,27,28)/t21-/m1/s1. The molecule has 0 unspecified atom stereocenters. The SMILES string of the molecule is COc1ccc([C@@H]2C(C(=O)Nc3cccnc3)=C(C)Nc3nc(CCCO)nn32)cc1OC. The van der Waals surface area contributed by atoms with Crippen LogP contribution in [0.2, 0.25) is 0 Å². The second-order valence-electron chi connectivity index (χ2n) is 7.50. The number of carbonyl (C=O) groups excluding carboxylic acids is 1. The Hall–Kier alpha value is -3.92. The number of nitrogens with one attached hydrogen (secondary N) is 2. The minimum absolute atomic E-state index is 0.0481. The van der Waals surface area contributed by atoms with E-state index in [-0.39, 0.29) is 12.5 Å². The molecular formula is C23H26N6O4. The van der Waals surface area contributed by atoms with Crippen LogP contribution in [0.25, 0.3) is 0 Å². The maximum atomic E-state index is 13.4. The van der Waals surface area contributed by atoms with E-state index in [1.165, 1.54) is 0 Å². The first-order valence-electron chi connectivity index (χ1n) is 10.5. The van der Waals surface area contributed by atoms with Crippen LogP contribution in [0.4, 0.5) is 11.6 Å². The number of hydrogen-bond donors (Lipinski definition) is 3. The first-order chi connectivity index (χ1) is 16.0. The summed E-state index contributed by atoms with van der Waals surface area (Å²) < 4.78 is 12.6. The number of rotatable bonds is 8. The van der Waals surface area contributed by atoms with Crippen LogP contribution in [-0.2, 0) is 11.2 Å². The molecule has 1 amide bonds. The van der Waals surface area contributed by atoms with E-state index in [2.05, 4.69) is 25.7 Å². The number of aliphatic hydroxyl groups excluding tert-OH is 1. The fourth-order valence-electron chi connectivity index (χ4n) is 3.80. The van der Waals surface area contributed by atoms with Crippen molar-refractivity contribution in [2.24, 2.45) is 0 Å². The van der Waals surface area contributed by atoms with Gasteiger partial charge in [-0.15, -0.1) is 0 Å². The number of pyridine rings is 1. The number of ether oxygens (including phenoxy) is 2. The van der Waals surface area contributed by atoms with E-state index in [0.29, 0.717) is 53.1 Å². The van der Waals surface area contributed by atoms with Crippen LogP contribution in [0.5, 0.6) is 11.5 Å². The van der Waals surface area contributed by atoms with Gasteiger partial charge in [-0.2, -0.15) is 10.1 Å². The van der Waals surface area contributed by atoms with Gasteiger partial charge in [-0.1, -0.05) is 6.07 Å². The number of aromatic nitrogens is 4. The lowest BCUT2D eigenvalue weighted by molar-refractivity contribution is -0.113. The van der Waals surface area contributed by atoms with Gasteiger partial charge in [0.1, 0.15) is 6.04 Å². The van der Waals surface area contributed by atoms with Gasteiger partial charge in [0.25, 0.3) is 5.91 Å². The van der Waals surface area contributed by atoms with Crippen LogP contribution in [0.15, 0.2) is 54.0 Å². The Bertz CT molecular complexity index is 1170. The Balaban J connectivity index is 1.80. The van der Waals surface area contributed by atoms with Crippen LogP contribution in [0.3, 0.4) is 0 Å². The lowest BCUT2D eigenvalue weighted by Gasteiger charge is -2.29. The van der Waals surface area contributed by atoms with E-state index in [9.17, 15) is 9.90 Å². The average molecular weight is 450 g/mol. The number of aliphatic hydroxyl groups is 1. The van der Waals surface area contributed by atoms with E-state index in [1.54, 1.807) is 49.5 Å². The molecule has 0 saturated heterocycles. The lowest BCUT2D eigenvalue weighted by Crippen LogP contribution is -2.31. The zero-order valence-corrected chi connectivity index (χ0v) is 18.7. The van der Waals surface area contributed by atoms with Gasteiger partial charge < -0.3 is 25.2 Å². The predicted octanol–water partition coefficient (Wildman–Crippen LogP) is 2.54. The number of aryl methyl sites for hydroxylation is 1. The molecular weight excluding hydrogens is 424 g/mol. The van der Waals surface area contributed by atoms with E-state index in [0.717, 1.165) is 5.56 Å². The van der Waals surface area contributed by atoms with Gasteiger partial charge in [-0.25, -0.2) is 4.68 Å².